The van der Waals surface area contributed by atoms with Crippen LogP contribution in [0.25, 0.3) is 0 Å². The monoisotopic (exact) mass is 808 g/mol. The summed E-state index contributed by atoms with van der Waals surface area (Å²) in [6, 6.07) is 30.6. The van der Waals surface area contributed by atoms with Gasteiger partial charge in [-0.3, -0.25) is 0 Å². The summed E-state index contributed by atoms with van der Waals surface area (Å²) in [5.74, 6) is 0.299. The Labute approximate surface area is 371 Å². The van der Waals surface area contributed by atoms with Gasteiger partial charge in [0.25, 0.3) is 0 Å². The Balaban J connectivity index is 1.33. The maximum absolute atomic E-state index is 2.76. The fourth-order valence-electron chi connectivity index (χ4n) is 12.7. The lowest BCUT2D eigenvalue weighted by atomic mass is 9.30. The van der Waals surface area contributed by atoms with E-state index in [2.05, 4.69) is 195 Å². The van der Waals surface area contributed by atoms with Crippen LogP contribution in [0.3, 0.4) is 0 Å². The molecule has 5 aromatic carbocycles. The minimum atomic E-state index is 0.0428. The molecule has 2 aliphatic heterocycles. The molecule has 9 rings (SSSR count). The summed E-state index contributed by atoms with van der Waals surface area (Å²) in [6.45, 7) is 41.2. The zero-order chi connectivity index (χ0) is 44.1. The Morgan fingerprint density at radius 3 is 1.72 bits per heavy atom. The van der Waals surface area contributed by atoms with Gasteiger partial charge < -0.3 is 4.90 Å². The number of benzene rings is 5. The van der Waals surface area contributed by atoms with E-state index in [1.807, 2.05) is 0 Å². The van der Waals surface area contributed by atoms with Crippen molar-refractivity contribution in [3.05, 3.63) is 140 Å². The molecule has 318 valence electrons. The molecule has 0 aromatic heterocycles. The van der Waals surface area contributed by atoms with E-state index in [9.17, 15) is 0 Å². The summed E-state index contributed by atoms with van der Waals surface area (Å²) in [5.41, 5.74) is 27.0. The smallest absolute Gasteiger partial charge is 0.247 e. The summed E-state index contributed by atoms with van der Waals surface area (Å²) in [6.07, 6.45) is 5.72. The lowest BCUT2D eigenvalue weighted by molar-refractivity contribution is 0.332. The fraction of sp³-hybridized carbons (Fsp3) is 0.492. The highest BCUT2D eigenvalue weighted by atomic mass is 15.2. The minimum Gasteiger partial charge on any atom is -0.311 e. The third-order valence-corrected chi connectivity index (χ3v) is 16.3. The summed E-state index contributed by atoms with van der Waals surface area (Å²) >= 11 is 0. The molecule has 4 aliphatic rings. The van der Waals surface area contributed by atoms with Crippen LogP contribution in [0, 0.1) is 20.8 Å². The molecule has 0 amide bonds. The SMILES string of the molecule is Cc1cc2c3c(c1)N(c1cc4c(cc1C)C(C)(C)CCC4(C)C)c1cc4c(cc1B3c1cc(C(C)(C)C)ccc1C2CCc1ccc(C(C)(C)C)cc1C)C(C)(C)CC4(C)C. The maximum Gasteiger partial charge on any atom is 0.247 e. The molecule has 0 fully saturated rings. The van der Waals surface area contributed by atoms with Crippen molar-refractivity contribution in [2.75, 3.05) is 4.90 Å². The van der Waals surface area contributed by atoms with Crippen LogP contribution >= 0.6 is 0 Å². The quantitative estimate of drug-likeness (QED) is 0.160. The van der Waals surface area contributed by atoms with Crippen molar-refractivity contribution in [1.82, 2.24) is 0 Å². The van der Waals surface area contributed by atoms with E-state index >= 15 is 0 Å². The lowest BCUT2D eigenvalue weighted by Gasteiger charge is -2.46. The number of anilines is 3. The molecule has 1 unspecified atom stereocenters. The molecule has 2 heteroatoms. The predicted octanol–water partition coefficient (Wildman–Crippen LogP) is 13.9. The van der Waals surface area contributed by atoms with Crippen LogP contribution < -0.4 is 21.3 Å². The molecule has 1 atom stereocenters. The van der Waals surface area contributed by atoms with Crippen LogP contribution in [0.2, 0.25) is 0 Å². The summed E-state index contributed by atoms with van der Waals surface area (Å²) < 4.78 is 0. The third kappa shape index (κ3) is 6.70. The summed E-state index contributed by atoms with van der Waals surface area (Å²) in [7, 11) is 0. The van der Waals surface area contributed by atoms with Gasteiger partial charge in [-0.2, -0.15) is 0 Å². The normalized spacial score (nSPS) is 20.1. The van der Waals surface area contributed by atoms with Crippen molar-refractivity contribution in [3.8, 4) is 0 Å². The first kappa shape index (κ1) is 42.3. The van der Waals surface area contributed by atoms with Crippen molar-refractivity contribution in [3.63, 3.8) is 0 Å². The molecule has 0 radical (unpaired) electrons. The molecule has 1 nitrogen and oxygen atoms in total. The van der Waals surface area contributed by atoms with Crippen molar-refractivity contribution in [2.24, 2.45) is 0 Å². The summed E-state index contributed by atoms with van der Waals surface area (Å²) in [5, 5.41) is 0. The lowest BCUT2D eigenvalue weighted by Crippen LogP contribution is -2.62. The molecule has 0 bridgehead atoms. The number of rotatable bonds is 4. The van der Waals surface area contributed by atoms with Gasteiger partial charge in [0.1, 0.15) is 0 Å². The van der Waals surface area contributed by atoms with E-state index in [0.29, 0.717) is 5.92 Å². The first-order chi connectivity index (χ1) is 28.2. The van der Waals surface area contributed by atoms with Gasteiger partial charge in [-0.05, 0) is 181 Å². The fourth-order valence-corrected chi connectivity index (χ4v) is 12.7. The van der Waals surface area contributed by atoms with Crippen molar-refractivity contribution < 1.29 is 0 Å². The van der Waals surface area contributed by atoms with E-state index in [0.717, 1.165) is 19.3 Å². The Morgan fingerprint density at radius 1 is 0.541 bits per heavy atom. The largest absolute Gasteiger partial charge is 0.311 e. The average Bonchev–Trinajstić information content (AvgIpc) is 3.33. The van der Waals surface area contributed by atoms with Gasteiger partial charge in [0, 0.05) is 23.0 Å². The van der Waals surface area contributed by atoms with Crippen molar-refractivity contribution in [1.29, 1.82) is 0 Å². The maximum atomic E-state index is 2.76. The average molecular weight is 808 g/mol. The van der Waals surface area contributed by atoms with E-state index in [-0.39, 0.29) is 39.2 Å². The van der Waals surface area contributed by atoms with Gasteiger partial charge in [0.05, 0.1) is 0 Å². The standard InChI is InChI=1S/C59H74BN/c1-35-26-43-41(22-19-38-18-20-39(28-36(38)2)54(4,5)6)42-23-21-40(55(7,8)9)30-48(42)60-49-31-45-47(59(16,17)34-58(45,14)15)33-51(49)61(52(27-35)53(43)60)50-32-46-44(29-37(50)3)56(10,11)24-25-57(46,12)13/h18,20-21,23,26-33,41H,19,22,24-25,34H2,1-17H3. The first-order valence-electron chi connectivity index (χ1n) is 23.7. The van der Waals surface area contributed by atoms with Gasteiger partial charge in [0.15, 0.2) is 0 Å². The van der Waals surface area contributed by atoms with Crippen LogP contribution in [0.5, 0.6) is 0 Å². The molecule has 0 N–H and O–H groups in total. The number of nitrogens with zero attached hydrogens (tertiary/aromatic N) is 1. The van der Waals surface area contributed by atoms with Gasteiger partial charge in [-0.25, -0.2) is 0 Å². The van der Waals surface area contributed by atoms with Crippen LogP contribution in [0.1, 0.15) is 195 Å². The van der Waals surface area contributed by atoms with E-state index in [1.165, 1.54) is 107 Å². The number of hydrogen-bond donors (Lipinski definition) is 0. The third-order valence-electron chi connectivity index (χ3n) is 16.3. The molecule has 0 saturated heterocycles. The molecule has 2 aliphatic carbocycles. The molecular weight excluding hydrogens is 733 g/mol. The predicted molar refractivity (Wildman–Crippen MR) is 266 cm³/mol. The topological polar surface area (TPSA) is 3.24 Å². The van der Waals surface area contributed by atoms with Crippen LogP contribution in [-0.2, 0) is 38.9 Å². The second-order valence-electron chi connectivity index (χ2n) is 25.0. The van der Waals surface area contributed by atoms with Crippen LogP contribution in [0.15, 0.2) is 72.8 Å². The zero-order valence-corrected chi connectivity index (χ0v) is 41.1. The Kier molecular flexibility index (Phi) is 9.35. The Hall–Kier alpha value is -4.04. The van der Waals surface area contributed by atoms with E-state index in [4.69, 9.17) is 0 Å². The van der Waals surface area contributed by atoms with E-state index < -0.39 is 0 Å². The second-order valence-corrected chi connectivity index (χ2v) is 25.0. The van der Waals surface area contributed by atoms with Gasteiger partial charge in [-0.15, -0.1) is 0 Å². The van der Waals surface area contributed by atoms with Crippen LogP contribution in [0.4, 0.5) is 17.1 Å². The van der Waals surface area contributed by atoms with Gasteiger partial charge >= 0.3 is 0 Å². The number of aryl methyl sites for hydroxylation is 4. The second kappa shape index (κ2) is 13.5. The highest BCUT2D eigenvalue weighted by Gasteiger charge is 2.49. The zero-order valence-electron chi connectivity index (χ0n) is 41.1. The Morgan fingerprint density at radius 2 is 1.10 bits per heavy atom. The van der Waals surface area contributed by atoms with Crippen molar-refractivity contribution in [2.45, 2.75) is 188 Å². The minimum absolute atomic E-state index is 0.0428. The number of hydrogen-bond acceptors (Lipinski definition) is 1. The van der Waals surface area contributed by atoms with E-state index in [1.54, 1.807) is 5.56 Å². The molecule has 2 heterocycles. The summed E-state index contributed by atoms with van der Waals surface area (Å²) in [4.78, 5) is 2.76. The Bertz CT molecular complexity index is 2630. The molecule has 5 aromatic rings. The molecular formula is C59H74BN. The first-order valence-corrected chi connectivity index (χ1v) is 23.7. The number of fused-ring (bicyclic) bond motifs is 6. The molecule has 61 heavy (non-hydrogen) atoms. The molecule has 0 spiro atoms. The highest BCUT2D eigenvalue weighted by molar-refractivity contribution is 6.99. The molecule has 0 saturated carbocycles. The van der Waals surface area contributed by atoms with Gasteiger partial charge in [0.2, 0.25) is 6.71 Å². The van der Waals surface area contributed by atoms with Gasteiger partial charge in [-0.1, -0.05) is 157 Å². The van der Waals surface area contributed by atoms with Crippen LogP contribution in [-0.4, -0.2) is 6.71 Å². The highest BCUT2D eigenvalue weighted by Crippen LogP contribution is 2.54. The van der Waals surface area contributed by atoms with Crippen molar-refractivity contribution >= 4 is 40.2 Å².